The number of rotatable bonds is 6. The van der Waals surface area contributed by atoms with Gasteiger partial charge >= 0.3 is 0 Å². The van der Waals surface area contributed by atoms with Crippen LogP contribution in [0, 0.1) is 0 Å². The summed E-state index contributed by atoms with van der Waals surface area (Å²) in [6.07, 6.45) is 6.63. The predicted octanol–water partition coefficient (Wildman–Crippen LogP) is 3.66. The average Bonchev–Trinajstić information content (AvgIpc) is 3.13. The van der Waals surface area contributed by atoms with Crippen LogP contribution in [-0.4, -0.2) is 12.6 Å². The number of allylic oxidation sites excluding steroid dienone is 1. The van der Waals surface area contributed by atoms with E-state index in [0.29, 0.717) is 6.61 Å². The van der Waals surface area contributed by atoms with Crippen molar-refractivity contribution in [2.24, 2.45) is 0 Å². The molecule has 1 aliphatic rings. The molecule has 0 unspecified atom stereocenters. The summed E-state index contributed by atoms with van der Waals surface area (Å²) in [5.41, 5.74) is 1.22. The van der Waals surface area contributed by atoms with Gasteiger partial charge in [0.25, 0.3) is 0 Å². The molecule has 2 nitrogen and oxygen atoms in total. The third-order valence-corrected chi connectivity index (χ3v) is 3.39. The van der Waals surface area contributed by atoms with Crippen LogP contribution in [0.5, 0.6) is 5.75 Å². The van der Waals surface area contributed by atoms with Crippen LogP contribution in [0.4, 0.5) is 0 Å². The lowest BCUT2D eigenvalue weighted by molar-refractivity contribution is 0.355. The van der Waals surface area contributed by atoms with Gasteiger partial charge in [0.15, 0.2) is 0 Å². The van der Waals surface area contributed by atoms with Crippen molar-refractivity contribution in [3.8, 4) is 5.75 Å². The normalized spacial score (nSPS) is 15.4. The van der Waals surface area contributed by atoms with Gasteiger partial charge in [-0.3, -0.25) is 0 Å². The molecule has 0 saturated heterocycles. The molecule has 2 rings (SSSR count). The molecule has 1 aromatic rings. The summed E-state index contributed by atoms with van der Waals surface area (Å²) < 4.78 is 6.81. The summed E-state index contributed by atoms with van der Waals surface area (Å²) in [5, 5.41) is 3.51. The number of hydrogen-bond acceptors (Lipinski definition) is 2. The van der Waals surface area contributed by atoms with Gasteiger partial charge in [-0.15, -0.1) is 0 Å². The fourth-order valence-corrected chi connectivity index (χ4v) is 2.15. The first kappa shape index (κ1) is 12.7. The van der Waals surface area contributed by atoms with Crippen molar-refractivity contribution in [2.75, 3.05) is 6.61 Å². The Kier molecular flexibility index (Phi) is 4.63. The summed E-state index contributed by atoms with van der Waals surface area (Å²) in [4.78, 5) is 0. The van der Waals surface area contributed by atoms with Crippen molar-refractivity contribution in [3.63, 3.8) is 0 Å². The molecule has 0 aromatic heterocycles. The van der Waals surface area contributed by atoms with Crippen LogP contribution in [0.3, 0.4) is 0 Å². The minimum Gasteiger partial charge on any atom is -0.488 e. The SMILES string of the molecule is CC=CCOc1c(Br)cccc1CNC1CC1. The van der Waals surface area contributed by atoms with E-state index in [1.165, 1.54) is 18.4 Å². The van der Waals surface area contributed by atoms with Crippen molar-refractivity contribution < 1.29 is 4.74 Å². The van der Waals surface area contributed by atoms with Crippen molar-refractivity contribution in [1.29, 1.82) is 0 Å². The molecule has 0 atom stereocenters. The van der Waals surface area contributed by atoms with Crippen LogP contribution in [0.15, 0.2) is 34.8 Å². The third kappa shape index (κ3) is 3.86. The van der Waals surface area contributed by atoms with Gasteiger partial charge < -0.3 is 10.1 Å². The molecule has 1 fully saturated rings. The van der Waals surface area contributed by atoms with Crippen molar-refractivity contribution in [2.45, 2.75) is 32.4 Å². The van der Waals surface area contributed by atoms with Gasteiger partial charge in [-0.2, -0.15) is 0 Å². The lowest BCUT2D eigenvalue weighted by Crippen LogP contribution is -2.16. The molecular formula is C14H18BrNO. The molecule has 17 heavy (non-hydrogen) atoms. The zero-order chi connectivity index (χ0) is 12.1. The highest BCUT2D eigenvalue weighted by Crippen LogP contribution is 2.30. The Morgan fingerprint density at radius 3 is 3.00 bits per heavy atom. The summed E-state index contributed by atoms with van der Waals surface area (Å²) in [6.45, 7) is 3.50. The monoisotopic (exact) mass is 295 g/mol. The molecule has 0 aliphatic heterocycles. The predicted molar refractivity (Wildman–Crippen MR) is 74.3 cm³/mol. The van der Waals surface area contributed by atoms with Gasteiger partial charge in [-0.25, -0.2) is 0 Å². The third-order valence-electron chi connectivity index (χ3n) is 2.77. The van der Waals surface area contributed by atoms with Gasteiger partial charge in [0, 0.05) is 18.2 Å². The molecule has 1 aliphatic carbocycles. The number of para-hydroxylation sites is 1. The molecule has 3 heteroatoms. The zero-order valence-corrected chi connectivity index (χ0v) is 11.7. The maximum atomic E-state index is 5.79. The molecule has 92 valence electrons. The smallest absolute Gasteiger partial charge is 0.138 e. The largest absolute Gasteiger partial charge is 0.488 e. The van der Waals surface area contributed by atoms with Gasteiger partial charge in [0.2, 0.25) is 0 Å². The number of benzene rings is 1. The highest BCUT2D eigenvalue weighted by Gasteiger charge is 2.20. The topological polar surface area (TPSA) is 21.3 Å². The number of nitrogens with one attached hydrogen (secondary N) is 1. The average molecular weight is 296 g/mol. The first-order valence-corrected chi connectivity index (χ1v) is 6.85. The van der Waals surface area contributed by atoms with E-state index in [-0.39, 0.29) is 0 Å². The Balaban J connectivity index is 2.02. The summed E-state index contributed by atoms with van der Waals surface area (Å²) >= 11 is 3.55. The Morgan fingerprint density at radius 1 is 1.47 bits per heavy atom. The van der Waals surface area contributed by atoms with Crippen LogP contribution in [0.2, 0.25) is 0 Å². The van der Waals surface area contributed by atoms with E-state index in [1.54, 1.807) is 0 Å². The highest BCUT2D eigenvalue weighted by atomic mass is 79.9. The number of ether oxygens (including phenoxy) is 1. The first-order valence-electron chi connectivity index (χ1n) is 6.06. The number of halogens is 1. The van der Waals surface area contributed by atoms with E-state index in [0.717, 1.165) is 22.8 Å². The summed E-state index contributed by atoms with van der Waals surface area (Å²) in [6, 6.07) is 6.91. The number of hydrogen-bond donors (Lipinski definition) is 1. The molecule has 0 amide bonds. The fraction of sp³-hybridized carbons (Fsp3) is 0.429. The van der Waals surface area contributed by atoms with Crippen molar-refractivity contribution in [3.05, 3.63) is 40.4 Å². The van der Waals surface area contributed by atoms with E-state index in [1.807, 2.05) is 25.1 Å². The Labute approximate surface area is 111 Å². The molecule has 1 aromatic carbocycles. The zero-order valence-electron chi connectivity index (χ0n) is 10.1. The quantitative estimate of drug-likeness (QED) is 0.809. The van der Waals surface area contributed by atoms with Crippen molar-refractivity contribution >= 4 is 15.9 Å². The summed E-state index contributed by atoms with van der Waals surface area (Å²) in [5.74, 6) is 0.957. The Bertz CT molecular complexity index is 399. The Morgan fingerprint density at radius 2 is 2.29 bits per heavy atom. The van der Waals surface area contributed by atoms with E-state index in [2.05, 4.69) is 33.4 Å². The molecular weight excluding hydrogens is 278 g/mol. The standard InChI is InChI=1S/C14H18BrNO/c1-2-3-9-17-14-11(5-4-6-13(14)15)10-16-12-7-8-12/h2-6,12,16H,7-10H2,1H3. The van der Waals surface area contributed by atoms with E-state index >= 15 is 0 Å². The second kappa shape index (κ2) is 6.22. The van der Waals surface area contributed by atoms with Gasteiger partial charge in [0.1, 0.15) is 12.4 Å². The molecule has 0 radical (unpaired) electrons. The van der Waals surface area contributed by atoms with E-state index in [9.17, 15) is 0 Å². The lowest BCUT2D eigenvalue weighted by atomic mass is 10.2. The van der Waals surface area contributed by atoms with Crippen LogP contribution >= 0.6 is 15.9 Å². The molecule has 1 N–H and O–H groups in total. The van der Waals surface area contributed by atoms with Gasteiger partial charge in [-0.05, 0) is 41.8 Å². The first-order chi connectivity index (χ1) is 8.31. The summed E-state index contributed by atoms with van der Waals surface area (Å²) in [7, 11) is 0. The van der Waals surface area contributed by atoms with Crippen molar-refractivity contribution in [1.82, 2.24) is 5.32 Å². The fourth-order valence-electron chi connectivity index (χ4n) is 1.62. The van der Waals surface area contributed by atoms with Gasteiger partial charge in [0.05, 0.1) is 4.47 Å². The minimum atomic E-state index is 0.621. The minimum absolute atomic E-state index is 0.621. The van der Waals surface area contributed by atoms with Crippen LogP contribution in [-0.2, 0) is 6.54 Å². The molecule has 1 saturated carbocycles. The highest BCUT2D eigenvalue weighted by molar-refractivity contribution is 9.10. The second-order valence-electron chi connectivity index (χ2n) is 4.26. The lowest BCUT2D eigenvalue weighted by Gasteiger charge is -2.12. The maximum absolute atomic E-state index is 5.79. The van der Waals surface area contributed by atoms with Crippen LogP contribution in [0.1, 0.15) is 25.3 Å². The van der Waals surface area contributed by atoms with Gasteiger partial charge in [-0.1, -0.05) is 24.3 Å². The van der Waals surface area contributed by atoms with E-state index < -0.39 is 0 Å². The second-order valence-corrected chi connectivity index (χ2v) is 5.12. The molecule has 0 bridgehead atoms. The van der Waals surface area contributed by atoms with E-state index in [4.69, 9.17) is 4.74 Å². The Hall–Kier alpha value is -0.800. The molecule has 0 heterocycles. The maximum Gasteiger partial charge on any atom is 0.138 e. The van der Waals surface area contributed by atoms with Crippen LogP contribution < -0.4 is 10.1 Å². The van der Waals surface area contributed by atoms with Crippen LogP contribution in [0.25, 0.3) is 0 Å². The molecule has 0 spiro atoms.